The fourth-order valence-corrected chi connectivity index (χ4v) is 2.41. The second kappa shape index (κ2) is 7.87. The largest absolute Gasteiger partial charge is 0.496 e. The highest BCUT2D eigenvalue weighted by molar-refractivity contribution is 5.78. The fourth-order valence-electron chi connectivity index (χ4n) is 2.41. The Balaban J connectivity index is 2.96. The van der Waals surface area contributed by atoms with Crippen molar-refractivity contribution in [3.05, 3.63) is 29.8 Å². The Bertz CT molecular complexity index is 435. The molecule has 112 valence electrons. The molecular weight excluding hydrogens is 254 g/mol. The van der Waals surface area contributed by atoms with Crippen LogP contribution in [0.1, 0.15) is 25.5 Å². The van der Waals surface area contributed by atoms with Crippen molar-refractivity contribution in [3.8, 4) is 5.75 Å². The van der Waals surface area contributed by atoms with Gasteiger partial charge in [-0.2, -0.15) is 0 Å². The number of rotatable bonds is 7. The van der Waals surface area contributed by atoms with Crippen LogP contribution in [0.15, 0.2) is 24.3 Å². The van der Waals surface area contributed by atoms with E-state index in [0.717, 1.165) is 11.3 Å². The van der Waals surface area contributed by atoms with Gasteiger partial charge in [0.15, 0.2) is 0 Å². The van der Waals surface area contributed by atoms with E-state index in [4.69, 9.17) is 10.5 Å². The zero-order chi connectivity index (χ0) is 15.1. The van der Waals surface area contributed by atoms with Crippen molar-refractivity contribution in [1.82, 2.24) is 10.2 Å². The smallest absolute Gasteiger partial charge is 0.234 e. The van der Waals surface area contributed by atoms with Gasteiger partial charge in [-0.15, -0.1) is 0 Å². The summed E-state index contributed by atoms with van der Waals surface area (Å²) in [6, 6.07) is 7.57. The number of nitrogens with zero attached hydrogens (tertiary/aromatic N) is 1. The van der Waals surface area contributed by atoms with E-state index in [2.05, 4.69) is 5.32 Å². The van der Waals surface area contributed by atoms with E-state index in [0.29, 0.717) is 13.1 Å². The van der Waals surface area contributed by atoms with Gasteiger partial charge in [-0.3, -0.25) is 9.69 Å². The molecule has 1 aromatic rings. The van der Waals surface area contributed by atoms with Gasteiger partial charge in [0.1, 0.15) is 5.75 Å². The Morgan fingerprint density at radius 1 is 1.45 bits per heavy atom. The van der Waals surface area contributed by atoms with Crippen LogP contribution in [0.25, 0.3) is 0 Å². The number of carbonyl (C=O) groups is 1. The number of nitrogens with two attached hydrogens (primary N) is 1. The lowest BCUT2D eigenvalue weighted by atomic mass is 9.98. The van der Waals surface area contributed by atoms with Crippen molar-refractivity contribution in [1.29, 1.82) is 0 Å². The summed E-state index contributed by atoms with van der Waals surface area (Å²) < 4.78 is 5.40. The quantitative estimate of drug-likeness (QED) is 0.786. The van der Waals surface area contributed by atoms with Gasteiger partial charge < -0.3 is 15.8 Å². The number of carbonyl (C=O) groups excluding carboxylic acids is 1. The first-order valence-electron chi connectivity index (χ1n) is 6.86. The van der Waals surface area contributed by atoms with Gasteiger partial charge in [-0.05, 0) is 27.0 Å². The van der Waals surface area contributed by atoms with Crippen LogP contribution in [0, 0.1) is 0 Å². The van der Waals surface area contributed by atoms with Gasteiger partial charge in [0, 0.05) is 18.2 Å². The van der Waals surface area contributed by atoms with Crippen LogP contribution in [0.2, 0.25) is 0 Å². The second-order valence-corrected chi connectivity index (χ2v) is 4.91. The Hall–Kier alpha value is -1.59. The zero-order valence-electron chi connectivity index (χ0n) is 12.7. The van der Waals surface area contributed by atoms with Crippen LogP contribution >= 0.6 is 0 Å². The van der Waals surface area contributed by atoms with Gasteiger partial charge in [-0.1, -0.05) is 18.2 Å². The van der Waals surface area contributed by atoms with Crippen molar-refractivity contribution in [2.75, 3.05) is 27.2 Å². The SMILES string of the molecule is CCNC(=O)CN(C)C(c1ccccc1OC)C(C)N. The summed E-state index contributed by atoms with van der Waals surface area (Å²) in [4.78, 5) is 13.7. The molecule has 0 saturated carbocycles. The number of benzene rings is 1. The van der Waals surface area contributed by atoms with Crippen molar-refractivity contribution in [2.45, 2.75) is 25.9 Å². The Morgan fingerprint density at radius 3 is 2.65 bits per heavy atom. The maximum absolute atomic E-state index is 11.7. The highest BCUT2D eigenvalue weighted by Gasteiger charge is 2.25. The van der Waals surface area contributed by atoms with Crippen LogP contribution in [0.3, 0.4) is 0 Å². The van der Waals surface area contributed by atoms with E-state index in [1.807, 2.05) is 50.1 Å². The molecule has 0 saturated heterocycles. The van der Waals surface area contributed by atoms with Gasteiger partial charge >= 0.3 is 0 Å². The summed E-state index contributed by atoms with van der Waals surface area (Å²) in [5.74, 6) is 0.785. The lowest BCUT2D eigenvalue weighted by molar-refractivity contribution is -0.122. The molecule has 1 aromatic carbocycles. The van der Waals surface area contributed by atoms with Crippen LogP contribution in [-0.2, 0) is 4.79 Å². The summed E-state index contributed by atoms with van der Waals surface area (Å²) in [6.07, 6.45) is 0. The first-order chi connectivity index (χ1) is 9.51. The van der Waals surface area contributed by atoms with Crippen LogP contribution in [-0.4, -0.2) is 44.1 Å². The molecule has 5 nitrogen and oxygen atoms in total. The average molecular weight is 279 g/mol. The molecule has 0 spiro atoms. The van der Waals surface area contributed by atoms with Gasteiger partial charge in [0.2, 0.25) is 5.91 Å². The predicted molar refractivity (Wildman–Crippen MR) is 80.7 cm³/mol. The maximum atomic E-state index is 11.7. The van der Waals surface area contributed by atoms with E-state index < -0.39 is 0 Å². The standard InChI is InChI=1S/C15H25N3O2/c1-5-17-14(19)10-18(3)15(11(2)16)12-8-6-7-9-13(12)20-4/h6-9,11,15H,5,10,16H2,1-4H3,(H,17,19). The number of methoxy groups -OCH3 is 1. The third kappa shape index (κ3) is 4.21. The van der Waals surface area contributed by atoms with E-state index in [1.165, 1.54) is 0 Å². The molecule has 5 heteroatoms. The Morgan fingerprint density at radius 2 is 2.10 bits per heavy atom. The molecule has 0 aliphatic heterocycles. The number of hydrogen-bond donors (Lipinski definition) is 2. The minimum absolute atomic E-state index is 0.00412. The Kier molecular flexibility index (Phi) is 6.48. The minimum Gasteiger partial charge on any atom is -0.496 e. The molecule has 3 N–H and O–H groups in total. The number of para-hydroxylation sites is 1. The normalized spacial score (nSPS) is 13.9. The lowest BCUT2D eigenvalue weighted by Gasteiger charge is -2.31. The predicted octanol–water partition coefficient (Wildman–Crippen LogP) is 1.15. The van der Waals surface area contributed by atoms with E-state index in [1.54, 1.807) is 7.11 Å². The molecule has 0 bridgehead atoms. The third-order valence-corrected chi connectivity index (χ3v) is 3.20. The van der Waals surface area contributed by atoms with Gasteiger partial charge in [0.05, 0.1) is 19.7 Å². The molecule has 0 aromatic heterocycles. The van der Waals surface area contributed by atoms with Crippen molar-refractivity contribution >= 4 is 5.91 Å². The fraction of sp³-hybridized carbons (Fsp3) is 0.533. The number of nitrogens with one attached hydrogen (secondary N) is 1. The van der Waals surface area contributed by atoms with Crippen molar-refractivity contribution in [3.63, 3.8) is 0 Å². The highest BCUT2D eigenvalue weighted by Crippen LogP contribution is 2.30. The number of likely N-dealkylation sites (N-methyl/N-ethyl adjacent to an activating group) is 2. The van der Waals surface area contributed by atoms with E-state index in [-0.39, 0.29) is 18.0 Å². The van der Waals surface area contributed by atoms with Crippen molar-refractivity contribution < 1.29 is 9.53 Å². The van der Waals surface area contributed by atoms with E-state index in [9.17, 15) is 4.79 Å². The van der Waals surface area contributed by atoms with E-state index >= 15 is 0 Å². The molecule has 1 amide bonds. The second-order valence-electron chi connectivity index (χ2n) is 4.91. The summed E-state index contributed by atoms with van der Waals surface area (Å²) in [5, 5.41) is 2.80. The van der Waals surface area contributed by atoms with Crippen LogP contribution in [0.4, 0.5) is 0 Å². The highest BCUT2D eigenvalue weighted by atomic mass is 16.5. The molecule has 2 atom stereocenters. The molecule has 0 radical (unpaired) electrons. The van der Waals surface area contributed by atoms with Crippen LogP contribution in [0.5, 0.6) is 5.75 Å². The number of hydrogen-bond acceptors (Lipinski definition) is 4. The molecule has 0 aliphatic rings. The third-order valence-electron chi connectivity index (χ3n) is 3.20. The summed E-state index contributed by atoms with van der Waals surface area (Å²) in [5.41, 5.74) is 7.11. The summed E-state index contributed by atoms with van der Waals surface area (Å²) >= 11 is 0. The summed E-state index contributed by atoms with van der Waals surface area (Å²) in [7, 11) is 3.54. The Labute approximate surface area is 121 Å². The average Bonchev–Trinajstić information content (AvgIpc) is 2.39. The monoisotopic (exact) mass is 279 g/mol. The lowest BCUT2D eigenvalue weighted by Crippen LogP contribution is -2.42. The molecule has 20 heavy (non-hydrogen) atoms. The van der Waals surface area contributed by atoms with Gasteiger partial charge in [-0.25, -0.2) is 0 Å². The topological polar surface area (TPSA) is 67.6 Å². The van der Waals surface area contributed by atoms with Gasteiger partial charge in [0.25, 0.3) is 0 Å². The summed E-state index contributed by atoms with van der Waals surface area (Å²) in [6.45, 7) is 4.77. The molecule has 0 aliphatic carbocycles. The van der Waals surface area contributed by atoms with Crippen LogP contribution < -0.4 is 15.8 Å². The molecule has 0 fully saturated rings. The molecule has 1 rings (SSSR count). The molecule has 0 heterocycles. The minimum atomic E-state index is -0.120. The maximum Gasteiger partial charge on any atom is 0.234 e. The first-order valence-corrected chi connectivity index (χ1v) is 6.86. The molecular formula is C15H25N3O2. The van der Waals surface area contributed by atoms with Crippen molar-refractivity contribution in [2.24, 2.45) is 5.73 Å². The zero-order valence-corrected chi connectivity index (χ0v) is 12.7. The first kappa shape index (κ1) is 16.5. The molecule has 2 unspecified atom stereocenters. The number of ether oxygens (including phenoxy) is 1. The number of amides is 1.